The molecule has 3 aliphatic heterocycles. The molecule has 4 aliphatic rings. The number of hydrogen-bond acceptors (Lipinski definition) is 6. The molecule has 4 heterocycles. The number of anilines is 1. The number of carbonyl (C=O) groups is 1. The quantitative estimate of drug-likeness (QED) is 0.464. The molecule has 3 atom stereocenters. The Morgan fingerprint density at radius 3 is 2.97 bits per heavy atom. The van der Waals surface area contributed by atoms with Gasteiger partial charge in [-0.2, -0.15) is 0 Å². The number of aryl methyl sites for hydroxylation is 2. The fraction of sp³-hybridized carbons (Fsp3) is 0.667. The standard InChI is InChI=1S/C27H36F2N4O3/c28-27(29)15-19(16-27)23-22(7-4-11-30-23)24(26(34)35)33-13-10-21(17-33)36-14-2-1-6-20-9-8-18-5-3-12-31-25(18)32-20/h4,8-9,11,19,21-22,24H,1-3,5-7,10,12-17H2,(H,31,32)(H,34,35)/t21-,22?,24?/m1/s1. The van der Waals surface area contributed by atoms with Crippen LogP contribution >= 0.6 is 0 Å². The van der Waals surface area contributed by atoms with Crippen molar-refractivity contribution in [3.05, 3.63) is 35.7 Å². The van der Waals surface area contributed by atoms with Gasteiger partial charge < -0.3 is 15.2 Å². The van der Waals surface area contributed by atoms with Crippen LogP contribution in [0.5, 0.6) is 0 Å². The van der Waals surface area contributed by atoms with Crippen molar-refractivity contribution in [3.63, 3.8) is 0 Å². The SMILES string of the molecule is O=C(O)C(C1CC=CN=C1C1CC(F)(F)C1)N1CC[C@@H](OCCCCc2ccc3c(n2)NCCC3)C1. The molecule has 2 unspecified atom stereocenters. The molecule has 196 valence electrons. The van der Waals surface area contributed by atoms with Crippen LogP contribution in [0.3, 0.4) is 0 Å². The summed E-state index contributed by atoms with van der Waals surface area (Å²) in [5.74, 6) is -3.24. The Labute approximate surface area is 211 Å². The molecule has 36 heavy (non-hydrogen) atoms. The molecule has 0 bridgehead atoms. The highest BCUT2D eigenvalue weighted by molar-refractivity contribution is 5.95. The number of aliphatic imine (C=N–C) groups is 1. The Hall–Kier alpha value is -2.39. The number of allylic oxidation sites excluding steroid dienone is 1. The second-order valence-electron chi connectivity index (χ2n) is 10.6. The van der Waals surface area contributed by atoms with E-state index in [1.54, 1.807) is 6.20 Å². The molecule has 7 nitrogen and oxygen atoms in total. The van der Waals surface area contributed by atoms with Crippen LogP contribution in [0.25, 0.3) is 0 Å². The number of nitrogens with zero attached hydrogens (tertiary/aromatic N) is 3. The number of pyridine rings is 1. The first kappa shape index (κ1) is 25.3. The third-order valence-corrected chi connectivity index (χ3v) is 7.94. The third kappa shape index (κ3) is 5.78. The summed E-state index contributed by atoms with van der Waals surface area (Å²) in [7, 11) is 0. The lowest BCUT2D eigenvalue weighted by Gasteiger charge is -2.41. The van der Waals surface area contributed by atoms with E-state index in [9.17, 15) is 18.7 Å². The molecule has 1 saturated heterocycles. The van der Waals surface area contributed by atoms with Gasteiger partial charge in [0.15, 0.2) is 0 Å². The van der Waals surface area contributed by atoms with Gasteiger partial charge in [0.1, 0.15) is 11.9 Å². The molecule has 0 spiro atoms. The molecule has 2 N–H and O–H groups in total. The third-order valence-electron chi connectivity index (χ3n) is 7.94. The number of likely N-dealkylation sites (tertiary alicyclic amines) is 1. The van der Waals surface area contributed by atoms with E-state index in [0.717, 1.165) is 56.6 Å². The van der Waals surface area contributed by atoms with Gasteiger partial charge in [-0.05, 0) is 56.6 Å². The first-order valence-corrected chi connectivity index (χ1v) is 13.3. The van der Waals surface area contributed by atoms with E-state index in [4.69, 9.17) is 9.72 Å². The molecule has 1 saturated carbocycles. The monoisotopic (exact) mass is 502 g/mol. The van der Waals surface area contributed by atoms with Crippen molar-refractivity contribution in [3.8, 4) is 0 Å². The Bertz CT molecular complexity index is 1010. The maximum atomic E-state index is 13.5. The molecule has 0 amide bonds. The van der Waals surface area contributed by atoms with Gasteiger partial charge in [0, 0.05) is 68.5 Å². The van der Waals surface area contributed by atoms with Crippen LogP contribution in [0.15, 0.2) is 29.4 Å². The normalized spacial score (nSPS) is 26.6. The molecule has 2 fully saturated rings. The van der Waals surface area contributed by atoms with Crippen LogP contribution in [0, 0.1) is 11.8 Å². The molecule has 0 radical (unpaired) electrons. The van der Waals surface area contributed by atoms with Gasteiger partial charge in [-0.1, -0.05) is 12.1 Å². The zero-order valence-corrected chi connectivity index (χ0v) is 20.7. The van der Waals surface area contributed by atoms with E-state index in [1.165, 1.54) is 5.56 Å². The highest BCUT2D eigenvalue weighted by Crippen LogP contribution is 2.46. The predicted molar refractivity (Wildman–Crippen MR) is 134 cm³/mol. The van der Waals surface area contributed by atoms with Crippen LogP contribution in [0.4, 0.5) is 14.6 Å². The zero-order valence-electron chi connectivity index (χ0n) is 20.7. The molecule has 1 aliphatic carbocycles. The van der Waals surface area contributed by atoms with Crippen molar-refractivity contribution in [2.24, 2.45) is 16.8 Å². The molecule has 1 aromatic heterocycles. The van der Waals surface area contributed by atoms with Gasteiger partial charge in [-0.25, -0.2) is 13.8 Å². The van der Waals surface area contributed by atoms with Crippen LogP contribution in [-0.4, -0.2) is 71.0 Å². The average Bonchev–Trinajstić information content (AvgIpc) is 3.30. The highest BCUT2D eigenvalue weighted by atomic mass is 19.3. The van der Waals surface area contributed by atoms with E-state index in [2.05, 4.69) is 22.4 Å². The van der Waals surface area contributed by atoms with Crippen molar-refractivity contribution < 1.29 is 23.4 Å². The summed E-state index contributed by atoms with van der Waals surface area (Å²) in [5, 5.41) is 13.5. The van der Waals surface area contributed by atoms with Crippen molar-refractivity contribution in [2.45, 2.75) is 75.9 Å². The number of hydrogen-bond donors (Lipinski definition) is 2. The molecule has 1 aromatic rings. The maximum absolute atomic E-state index is 13.5. The lowest BCUT2D eigenvalue weighted by Crippen LogP contribution is -2.52. The van der Waals surface area contributed by atoms with Gasteiger partial charge in [0.05, 0.1) is 6.10 Å². The van der Waals surface area contributed by atoms with Crippen LogP contribution in [-0.2, 0) is 22.4 Å². The number of carboxylic acid groups (broad SMARTS) is 1. The predicted octanol–water partition coefficient (Wildman–Crippen LogP) is 4.33. The zero-order chi connectivity index (χ0) is 25.1. The van der Waals surface area contributed by atoms with Gasteiger partial charge >= 0.3 is 5.97 Å². The fourth-order valence-electron chi connectivity index (χ4n) is 6.02. The number of halogens is 2. The summed E-state index contributed by atoms with van der Waals surface area (Å²) in [6, 6.07) is 3.54. The number of nitrogens with one attached hydrogen (secondary N) is 1. The highest BCUT2D eigenvalue weighted by Gasteiger charge is 2.51. The molecular formula is C27H36F2N4O3. The number of aromatic nitrogens is 1. The van der Waals surface area contributed by atoms with Gasteiger partial charge in [0.2, 0.25) is 5.92 Å². The summed E-state index contributed by atoms with van der Waals surface area (Å²) in [6.45, 7) is 2.79. The lowest BCUT2D eigenvalue weighted by molar-refractivity contribution is -0.144. The molecule has 0 aromatic carbocycles. The van der Waals surface area contributed by atoms with Crippen molar-refractivity contribution in [1.29, 1.82) is 0 Å². The first-order chi connectivity index (χ1) is 17.4. The number of rotatable bonds is 10. The van der Waals surface area contributed by atoms with Crippen LogP contribution in [0.1, 0.15) is 56.2 Å². The van der Waals surface area contributed by atoms with E-state index < -0.39 is 17.9 Å². The van der Waals surface area contributed by atoms with Crippen molar-refractivity contribution in [2.75, 3.05) is 31.6 Å². The number of aliphatic carboxylic acids is 1. The summed E-state index contributed by atoms with van der Waals surface area (Å²) in [4.78, 5) is 23.4. The summed E-state index contributed by atoms with van der Waals surface area (Å²) in [5.41, 5.74) is 3.03. The number of alkyl halides is 2. The number of fused-ring (bicyclic) bond motifs is 1. The Morgan fingerprint density at radius 2 is 2.17 bits per heavy atom. The number of ether oxygens (including phenoxy) is 1. The number of carboxylic acids is 1. The summed E-state index contributed by atoms with van der Waals surface area (Å²) in [6.07, 6.45) is 9.37. The van der Waals surface area contributed by atoms with Crippen LogP contribution < -0.4 is 5.32 Å². The Balaban J connectivity index is 1.08. The minimum atomic E-state index is -2.66. The van der Waals surface area contributed by atoms with E-state index in [1.807, 2.05) is 11.0 Å². The smallest absolute Gasteiger partial charge is 0.321 e. The Kier molecular flexibility index (Phi) is 7.67. The Morgan fingerprint density at radius 1 is 1.31 bits per heavy atom. The summed E-state index contributed by atoms with van der Waals surface area (Å²) < 4.78 is 33.1. The minimum absolute atomic E-state index is 0.00882. The largest absolute Gasteiger partial charge is 0.480 e. The molecule has 5 rings (SSSR count). The minimum Gasteiger partial charge on any atom is -0.480 e. The van der Waals surface area contributed by atoms with Crippen molar-refractivity contribution >= 4 is 17.5 Å². The van der Waals surface area contributed by atoms with E-state index >= 15 is 0 Å². The average molecular weight is 503 g/mol. The van der Waals surface area contributed by atoms with Gasteiger partial charge in [-0.15, -0.1) is 0 Å². The molecular weight excluding hydrogens is 466 g/mol. The second kappa shape index (κ2) is 10.9. The lowest BCUT2D eigenvalue weighted by atomic mass is 9.71. The first-order valence-electron chi connectivity index (χ1n) is 13.3. The van der Waals surface area contributed by atoms with Crippen LogP contribution in [0.2, 0.25) is 0 Å². The topological polar surface area (TPSA) is 87.0 Å². The van der Waals surface area contributed by atoms with Gasteiger partial charge in [-0.3, -0.25) is 14.7 Å². The second-order valence-corrected chi connectivity index (χ2v) is 10.6. The van der Waals surface area contributed by atoms with E-state index in [0.29, 0.717) is 31.8 Å². The maximum Gasteiger partial charge on any atom is 0.321 e. The summed E-state index contributed by atoms with van der Waals surface area (Å²) >= 11 is 0. The number of unbranched alkanes of at least 4 members (excludes halogenated alkanes) is 1. The van der Waals surface area contributed by atoms with Crippen molar-refractivity contribution in [1.82, 2.24) is 9.88 Å². The van der Waals surface area contributed by atoms with Gasteiger partial charge in [0.25, 0.3) is 0 Å². The van der Waals surface area contributed by atoms with E-state index in [-0.39, 0.29) is 30.8 Å². The molecule has 9 heteroatoms. The fourth-order valence-corrected chi connectivity index (χ4v) is 6.02.